The Balaban J connectivity index is 1.89. The average Bonchev–Trinajstić information content (AvgIpc) is 3.07. The van der Waals surface area contributed by atoms with Crippen molar-refractivity contribution in [1.29, 1.82) is 0 Å². The summed E-state index contributed by atoms with van der Waals surface area (Å²) in [6, 6.07) is 2.62. The number of aryl methyl sites for hydroxylation is 1. The van der Waals surface area contributed by atoms with Crippen LogP contribution in [0.4, 0.5) is 5.69 Å². The van der Waals surface area contributed by atoms with Gasteiger partial charge in [0, 0.05) is 23.0 Å². The first kappa shape index (κ1) is 24.5. The molecule has 0 bridgehead atoms. The first-order valence-corrected chi connectivity index (χ1v) is 10.9. The number of carbonyl (C=O) groups excluding carboxylic acids is 3. The highest BCUT2D eigenvalue weighted by molar-refractivity contribution is 6.31. The van der Waals surface area contributed by atoms with Gasteiger partial charge in [0.1, 0.15) is 45.3 Å². The Hall–Kier alpha value is -4.60. The summed E-state index contributed by atoms with van der Waals surface area (Å²) in [5, 5.41) is 43.5. The molecule has 0 amide bonds. The minimum atomic E-state index is -1.68. The van der Waals surface area contributed by atoms with Crippen LogP contribution in [0.5, 0.6) is 23.0 Å². The van der Waals surface area contributed by atoms with E-state index in [0.29, 0.717) is 0 Å². The van der Waals surface area contributed by atoms with Gasteiger partial charge >= 0.3 is 5.97 Å². The lowest BCUT2D eigenvalue weighted by atomic mass is 9.70. The Labute approximate surface area is 205 Å². The highest BCUT2D eigenvalue weighted by Gasteiger charge is 2.56. The van der Waals surface area contributed by atoms with Gasteiger partial charge in [0.2, 0.25) is 0 Å². The maximum Gasteiger partial charge on any atom is 0.339 e. The summed E-state index contributed by atoms with van der Waals surface area (Å²) in [7, 11) is 0. The van der Waals surface area contributed by atoms with Crippen molar-refractivity contribution in [2.45, 2.75) is 40.0 Å². The Bertz CT molecular complexity index is 1500. The molecule has 1 heterocycles. The van der Waals surface area contributed by atoms with Crippen molar-refractivity contribution in [3.63, 3.8) is 0 Å². The number of ketones is 3. The number of carboxylic acids is 1. The first-order chi connectivity index (χ1) is 16.7. The molecule has 1 atom stereocenters. The number of nitrogens with one attached hydrogen (secondary N) is 1. The molecule has 10 heteroatoms. The molecule has 1 unspecified atom stereocenters. The lowest BCUT2D eigenvalue weighted by molar-refractivity contribution is -0.123. The number of aromatic carboxylic acids is 1. The summed E-state index contributed by atoms with van der Waals surface area (Å²) >= 11 is 0. The summed E-state index contributed by atoms with van der Waals surface area (Å²) in [4.78, 5) is 50.6. The van der Waals surface area contributed by atoms with Crippen molar-refractivity contribution >= 4 is 29.0 Å². The molecule has 0 saturated heterocycles. The van der Waals surface area contributed by atoms with E-state index in [4.69, 9.17) is 4.74 Å². The molecule has 2 aromatic rings. The fourth-order valence-electron chi connectivity index (χ4n) is 4.66. The van der Waals surface area contributed by atoms with Crippen LogP contribution in [0.1, 0.15) is 58.2 Å². The van der Waals surface area contributed by atoms with Crippen LogP contribution in [-0.4, -0.2) is 43.7 Å². The molecule has 0 fully saturated rings. The van der Waals surface area contributed by atoms with Gasteiger partial charge in [0.15, 0.2) is 17.3 Å². The molecule has 1 aliphatic carbocycles. The van der Waals surface area contributed by atoms with Gasteiger partial charge in [0.25, 0.3) is 0 Å². The van der Waals surface area contributed by atoms with E-state index in [0.717, 1.165) is 6.08 Å². The maximum absolute atomic E-state index is 13.8. The van der Waals surface area contributed by atoms with Gasteiger partial charge in [0.05, 0.1) is 11.1 Å². The van der Waals surface area contributed by atoms with E-state index in [9.17, 15) is 39.6 Å². The molecule has 0 aromatic heterocycles. The van der Waals surface area contributed by atoms with Gasteiger partial charge in [-0.1, -0.05) is 0 Å². The SMILES string of the molecule is CC(=O)c1c(O)c(C)c(O)c2c1OC1=CC(=O)C(=C(C)Nc3cc(C)c(O)c(C(=O)O)c3)C(=O)C12C. The highest BCUT2D eigenvalue weighted by Crippen LogP contribution is 2.57. The van der Waals surface area contributed by atoms with Crippen molar-refractivity contribution in [3.8, 4) is 23.0 Å². The number of hydrogen-bond acceptors (Lipinski definition) is 9. The second-order valence-electron chi connectivity index (χ2n) is 9.01. The van der Waals surface area contributed by atoms with Gasteiger partial charge in [-0.15, -0.1) is 0 Å². The van der Waals surface area contributed by atoms with Gasteiger partial charge < -0.3 is 30.5 Å². The van der Waals surface area contributed by atoms with Gasteiger partial charge in [-0.05, 0) is 52.3 Å². The summed E-state index contributed by atoms with van der Waals surface area (Å²) in [6.07, 6.45) is 1.09. The van der Waals surface area contributed by atoms with Crippen LogP contribution in [0.15, 0.2) is 35.2 Å². The van der Waals surface area contributed by atoms with Crippen molar-refractivity contribution in [2.24, 2.45) is 0 Å². The summed E-state index contributed by atoms with van der Waals surface area (Å²) in [5.41, 5.74) is -1.99. The lowest BCUT2D eigenvalue weighted by Gasteiger charge is -2.29. The van der Waals surface area contributed by atoms with E-state index in [1.54, 1.807) is 0 Å². The fourth-order valence-corrected chi connectivity index (χ4v) is 4.66. The molecular weight excluding hydrogens is 470 g/mol. The fraction of sp³-hybridized carbons (Fsp3) is 0.231. The zero-order valence-corrected chi connectivity index (χ0v) is 20.1. The summed E-state index contributed by atoms with van der Waals surface area (Å²) < 4.78 is 5.72. The number of aromatic hydroxyl groups is 3. The molecule has 1 aliphatic heterocycles. The second-order valence-corrected chi connectivity index (χ2v) is 9.01. The summed E-state index contributed by atoms with van der Waals surface area (Å²) in [6.45, 7) is 6.99. The quantitative estimate of drug-likeness (QED) is 0.184. The zero-order chi connectivity index (χ0) is 26.9. The van der Waals surface area contributed by atoms with Crippen molar-refractivity contribution in [3.05, 3.63) is 63.1 Å². The van der Waals surface area contributed by atoms with E-state index >= 15 is 0 Å². The minimum Gasteiger partial charge on any atom is -0.507 e. The van der Waals surface area contributed by atoms with E-state index in [1.165, 1.54) is 46.8 Å². The van der Waals surface area contributed by atoms with Crippen molar-refractivity contribution in [1.82, 2.24) is 0 Å². The predicted molar refractivity (Wildman–Crippen MR) is 127 cm³/mol. The monoisotopic (exact) mass is 493 g/mol. The Morgan fingerprint density at radius 3 is 2.22 bits per heavy atom. The first-order valence-electron chi connectivity index (χ1n) is 10.9. The summed E-state index contributed by atoms with van der Waals surface area (Å²) in [5.74, 6) is -4.95. The molecule has 0 spiro atoms. The number of anilines is 1. The molecule has 2 aliphatic rings. The normalized spacial score (nSPS) is 19.8. The van der Waals surface area contributed by atoms with Crippen LogP contribution in [0.25, 0.3) is 0 Å². The standard InChI is InChI=1S/C26H23NO9/c1-9-6-13(7-14(20(9)30)25(34)35)27-11(3)17-15(29)8-16-26(5,24(17)33)19-22(32)10(2)21(31)18(12(4)28)23(19)36-16/h6-8,27,30-32H,1-5H3,(H,34,35). The minimum absolute atomic E-state index is 0.0177. The predicted octanol–water partition coefficient (Wildman–Crippen LogP) is 3.39. The van der Waals surface area contributed by atoms with Crippen LogP contribution in [0.3, 0.4) is 0 Å². The smallest absolute Gasteiger partial charge is 0.339 e. The Morgan fingerprint density at radius 1 is 1.00 bits per heavy atom. The number of benzene rings is 2. The van der Waals surface area contributed by atoms with Gasteiger partial charge in [-0.3, -0.25) is 14.4 Å². The Kier molecular flexibility index (Phi) is 5.43. The number of carbonyl (C=O) groups is 4. The van der Waals surface area contributed by atoms with Crippen LogP contribution in [0.2, 0.25) is 0 Å². The molecule has 0 saturated carbocycles. The van der Waals surface area contributed by atoms with Crippen LogP contribution in [0, 0.1) is 13.8 Å². The number of ether oxygens (including phenoxy) is 1. The second kappa shape index (κ2) is 7.98. The zero-order valence-electron chi connectivity index (χ0n) is 20.1. The van der Waals surface area contributed by atoms with E-state index in [2.05, 4.69) is 5.32 Å². The molecule has 2 aromatic carbocycles. The Morgan fingerprint density at radius 2 is 1.64 bits per heavy atom. The third kappa shape index (κ3) is 3.25. The molecule has 186 valence electrons. The molecular formula is C26H23NO9. The number of carboxylic acid groups (broad SMARTS) is 1. The number of Topliss-reactive ketones (excluding diaryl/α,β-unsaturated/α-hetero) is 2. The van der Waals surface area contributed by atoms with E-state index < -0.39 is 46.0 Å². The van der Waals surface area contributed by atoms with E-state index in [1.807, 2.05) is 0 Å². The topological polar surface area (TPSA) is 170 Å². The average molecular weight is 493 g/mol. The number of allylic oxidation sites excluding steroid dienone is 4. The molecule has 4 rings (SSSR count). The number of phenols is 3. The number of fused-ring (bicyclic) bond motifs is 3. The lowest BCUT2D eigenvalue weighted by Crippen LogP contribution is -2.40. The maximum atomic E-state index is 13.8. The number of phenolic OH excluding ortho intramolecular Hbond substituents is 2. The largest absolute Gasteiger partial charge is 0.507 e. The highest BCUT2D eigenvalue weighted by atomic mass is 16.5. The number of rotatable bonds is 4. The van der Waals surface area contributed by atoms with Gasteiger partial charge in [-0.25, -0.2) is 4.79 Å². The number of hydrogen-bond donors (Lipinski definition) is 5. The van der Waals surface area contributed by atoms with Crippen molar-refractivity contribution < 1.29 is 44.3 Å². The van der Waals surface area contributed by atoms with Crippen LogP contribution < -0.4 is 10.1 Å². The molecule has 0 radical (unpaired) electrons. The third-order valence-corrected chi connectivity index (χ3v) is 6.62. The molecule has 5 N–H and O–H groups in total. The van der Waals surface area contributed by atoms with Crippen LogP contribution in [-0.2, 0) is 15.0 Å². The molecule has 36 heavy (non-hydrogen) atoms. The van der Waals surface area contributed by atoms with Crippen molar-refractivity contribution in [2.75, 3.05) is 5.32 Å². The van der Waals surface area contributed by atoms with Crippen LogP contribution >= 0.6 is 0 Å². The molecule has 10 nitrogen and oxygen atoms in total. The third-order valence-electron chi connectivity index (χ3n) is 6.62. The van der Waals surface area contributed by atoms with E-state index in [-0.39, 0.29) is 56.3 Å². The van der Waals surface area contributed by atoms with Gasteiger partial charge in [-0.2, -0.15) is 0 Å².